The highest BCUT2D eigenvalue weighted by Gasteiger charge is 2.25. The predicted octanol–water partition coefficient (Wildman–Crippen LogP) is 9.38. The fourth-order valence-electron chi connectivity index (χ4n) is 12.2. The Morgan fingerprint density at radius 1 is 0.317 bits per heavy atom. The lowest BCUT2D eigenvalue weighted by atomic mass is 9.90. The molecular formula is C89H144N6O28. The van der Waals surface area contributed by atoms with Crippen LogP contribution in [0.15, 0.2) is 48.5 Å². The Hall–Kier alpha value is -8.74. The molecule has 0 aromatic heterocycles. The molecule has 0 aliphatic rings. The van der Waals surface area contributed by atoms with Crippen LogP contribution in [0.2, 0.25) is 0 Å². The Morgan fingerprint density at radius 3 is 1.22 bits per heavy atom. The van der Waals surface area contributed by atoms with Crippen LogP contribution in [-0.4, -0.2) is 267 Å². The number of hydrogen-bond donors (Lipinski definition) is 10. The Morgan fingerprint density at radius 2 is 0.732 bits per heavy atom. The summed E-state index contributed by atoms with van der Waals surface area (Å²) in [6, 6.07) is 11.3. The molecule has 698 valence electrons. The van der Waals surface area contributed by atoms with Gasteiger partial charge in [0.1, 0.15) is 61.3 Å². The number of unbranched alkanes of at least 4 members (excludes halogenated alkanes) is 13. The average molecular weight is 1750 g/mol. The van der Waals surface area contributed by atoms with Crippen LogP contribution < -0.4 is 41.4 Å². The van der Waals surface area contributed by atoms with E-state index in [1.807, 2.05) is 13.8 Å². The van der Waals surface area contributed by atoms with Crippen LogP contribution in [-0.2, 0) is 95.4 Å². The van der Waals surface area contributed by atoms with Gasteiger partial charge in [-0.1, -0.05) is 90.9 Å². The highest BCUT2D eigenvalue weighted by Crippen LogP contribution is 2.20. The number of rotatable bonds is 84. The van der Waals surface area contributed by atoms with Crippen molar-refractivity contribution in [3.05, 3.63) is 59.7 Å². The Labute approximate surface area is 725 Å². The molecular weight excluding hydrogens is 1600 g/mol. The number of ether oxygens (including phenoxy) is 10. The van der Waals surface area contributed by atoms with E-state index in [0.717, 1.165) is 109 Å². The molecule has 0 spiro atoms. The highest BCUT2D eigenvalue weighted by molar-refractivity contribution is 5.89. The number of benzene rings is 2. The number of hydrogen-bond acceptors (Lipinski definition) is 25. The number of aromatic carboxylic acids is 2. The van der Waals surface area contributed by atoms with E-state index in [0.29, 0.717) is 148 Å². The second kappa shape index (κ2) is 76.9. The molecule has 0 fully saturated rings. The number of ketones is 5. The summed E-state index contributed by atoms with van der Waals surface area (Å²) in [7, 11) is 1.76. The molecule has 10 N–H and O–H groups in total. The summed E-state index contributed by atoms with van der Waals surface area (Å²) in [4.78, 5) is 166. The minimum absolute atomic E-state index is 0.00379. The maximum absolute atomic E-state index is 12.5. The van der Waals surface area contributed by atoms with Gasteiger partial charge in [-0.25, -0.2) is 14.4 Å². The van der Waals surface area contributed by atoms with E-state index in [2.05, 4.69) is 31.9 Å². The molecule has 0 saturated heterocycles. The van der Waals surface area contributed by atoms with Crippen LogP contribution in [0.3, 0.4) is 0 Å². The molecule has 34 heteroatoms. The van der Waals surface area contributed by atoms with Crippen molar-refractivity contribution in [2.45, 2.75) is 245 Å². The van der Waals surface area contributed by atoms with Crippen LogP contribution in [0, 0.1) is 11.8 Å². The van der Waals surface area contributed by atoms with E-state index >= 15 is 0 Å². The fraction of sp³-hybridized carbons (Fsp3) is 0.708. The predicted molar refractivity (Wildman–Crippen MR) is 458 cm³/mol. The minimum Gasteiger partial charge on any atom is -0.494 e. The number of nitrogens with one attached hydrogen (secondary N) is 6. The van der Waals surface area contributed by atoms with Crippen LogP contribution in [0.5, 0.6) is 11.5 Å². The van der Waals surface area contributed by atoms with E-state index in [1.54, 1.807) is 31.3 Å². The van der Waals surface area contributed by atoms with Crippen molar-refractivity contribution < 1.29 is 135 Å². The molecule has 0 aliphatic heterocycles. The minimum atomic E-state index is -1.28. The highest BCUT2D eigenvalue weighted by atomic mass is 16.5. The van der Waals surface area contributed by atoms with Gasteiger partial charge in [0.05, 0.1) is 102 Å². The Kier molecular flexibility index (Phi) is 70.2. The zero-order valence-corrected chi connectivity index (χ0v) is 73.4. The number of carbonyl (C=O) groups is 14. The molecule has 2 rings (SSSR count). The van der Waals surface area contributed by atoms with E-state index < -0.39 is 48.4 Å². The third kappa shape index (κ3) is 66.4. The summed E-state index contributed by atoms with van der Waals surface area (Å²) in [6.07, 6.45) is 22.2. The van der Waals surface area contributed by atoms with Crippen molar-refractivity contribution in [3.63, 3.8) is 0 Å². The van der Waals surface area contributed by atoms with Gasteiger partial charge in [0.25, 0.3) is 0 Å². The van der Waals surface area contributed by atoms with Crippen LogP contribution >= 0.6 is 0 Å². The number of Topliss-reactive ketones (excluding diaryl/α,β-unsaturated/α-hetero) is 5. The Balaban J connectivity index is 0.00000127. The van der Waals surface area contributed by atoms with E-state index in [9.17, 15) is 77.3 Å². The first kappa shape index (κ1) is 112. The van der Waals surface area contributed by atoms with Gasteiger partial charge in [0, 0.05) is 96.7 Å². The van der Waals surface area contributed by atoms with Crippen LogP contribution in [0.4, 0.5) is 0 Å². The molecule has 5 amide bonds. The van der Waals surface area contributed by atoms with Crippen molar-refractivity contribution in [3.8, 4) is 11.5 Å². The molecule has 2 aromatic rings. The maximum Gasteiger partial charge on any atom is 0.335 e. The average Bonchev–Trinajstić information content (AvgIpc) is 0.907. The fourth-order valence-corrected chi connectivity index (χ4v) is 12.2. The van der Waals surface area contributed by atoms with Gasteiger partial charge in [0.2, 0.25) is 29.5 Å². The van der Waals surface area contributed by atoms with Gasteiger partial charge in [-0.15, -0.1) is 0 Å². The lowest BCUT2D eigenvalue weighted by Gasteiger charge is -2.17. The number of aliphatic carboxylic acids is 2. The molecule has 0 heterocycles. The number of carbonyl (C=O) groups excluding carboxylic acids is 10. The van der Waals surface area contributed by atoms with Crippen LogP contribution in [0.1, 0.15) is 253 Å². The zero-order valence-electron chi connectivity index (χ0n) is 73.4. The molecule has 34 nitrogen and oxygen atoms in total. The van der Waals surface area contributed by atoms with E-state index in [-0.39, 0.29) is 180 Å². The molecule has 123 heavy (non-hydrogen) atoms. The number of carboxylic acids is 4. The van der Waals surface area contributed by atoms with Gasteiger partial charge < -0.3 is 99.7 Å². The van der Waals surface area contributed by atoms with Crippen molar-refractivity contribution in [1.82, 2.24) is 31.9 Å². The van der Waals surface area contributed by atoms with Crippen molar-refractivity contribution in [1.29, 1.82) is 0 Å². The van der Waals surface area contributed by atoms with Gasteiger partial charge in [-0.2, -0.15) is 0 Å². The summed E-state index contributed by atoms with van der Waals surface area (Å²) >= 11 is 0. The molecule has 0 bridgehead atoms. The van der Waals surface area contributed by atoms with Crippen molar-refractivity contribution >= 4 is 82.3 Å². The van der Waals surface area contributed by atoms with E-state index in [1.165, 1.54) is 31.2 Å². The number of likely N-dealkylation sites (N-methyl/N-ethyl adjacent to an activating group) is 1. The Bertz CT molecular complexity index is 3250. The second-order valence-electron chi connectivity index (χ2n) is 29.9. The maximum atomic E-state index is 12.5. The summed E-state index contributed by atoms with van der Waals surface area (Å²) in [6.45, 7) is 10.4. The largest absolute Gasteiger partial charge is 0.494 e. The first-order valence-electron chi connectivity index (χ1n) is 44.0. The first-order valence-corrected chi connectivity index (χ1v) is 44.0. The third-order valence-electron chi connectivity index (χ3n) is 19.3. The van der Waals surface area contributed by atoms with Gasteiger partial charge in [-0.05, 0) is 146 Å². The van der Waals surface area contributed by atoms with Gasteiger partial charge in [-0.3, -0.25) is 52.7 Å². The quantitative estimate of drug-likeness (QED) is 0.0275. The lowest BCUT2D eigenvalue weighted by Crippen LogP contribution is -2.43. The first-order chi connectivity index (χ1) is 59.4. The molecule has 0 aliphatic carbocycles. The second-order valence-corrected chi connectivity index (χ2v) is 29.9. The SMILES string of the molecule is CCCNC(=O)CC[C@H](CC(=O)COCCOCCCC(=O)COCCOCCNC(=O)CCCCCCCCCOc1ccc(C(=O)O)cc1)C(=O)O.CCC[C@H](NC)C(=O)CC[C@@H](CCCCNC(=O)CC[C@H](NC(=O)COCCOCCNC(=O)COCCOCCCC(=O)CCCCCCCCCOc1ccc(C(=O)O)cc1)C(=O)O)C(C)=O. The molecule has 0 saturated carbocycles. The molecule has 4 atom stereocenters. The number of carboxylic acid groups (broad SMARTS) is 4. The number of amides is 5. The van der Waals surface area contributed by atoms with Crippen molar-refractivity contribution in [2.75, 3.05) is 152 Å². The van der Waals surface area contributed by atoms with Gasteiger partial charge >= 0.3 is 23.9 Å². The van der Waals surface area contributed by atoms with Crippen LogP contribution in [0.25, 0.3) is 0 Å². The summed E-state index contributed by atoms with van der Waals surface area (Å²) < 4.78 is 54.3. The standard InChI is InChI=1S/C50H82N4O15.C39H62N2O13/c1-4-15-43(51-3)45(57)25-21-39(38(2)55)16-11-12-27-52-46(58)26-24-44(50(63)64)54-48(60)37-68-35-33-66-31-28-53-47(59)36-67-34-32-65-29-14-18-41(56)17-10-8-6-5-7-9-13-30-69-42-22-19-40(20-23-42)49(61)62;1-2-19-40-37(45)18-15-32(39(48)49)28-34(43)30-53-26-24-50-21-10-11-33(42)29-52-27-25-51-23-20-41-36(44)12-8-6-4-3-5-7-9-22-54-35-16-13-31(14-17-35)38(46)47/h19-20,22-23,39,43-44,51H,4-18,21,24-37H2,1-3H3,(H,52,58)(H,53,59)(H,54,60)(H,61,62)(H,63,64);13-14,16-17,32H,2-12,15,18-30H2,1H3,(H,40,45)(H,41,44)(H,46,47)(H,48,49)/t39-,43+,44+;32-/m11/s1. The smallest absolute Gasteiger partial charge is 0.335 e. The lowest BCUT2D eigenvalue weighted by molar-refractivity contribution is -0.145. The molecule has 0 unspecified atom stereocenters. The monoisotopic (exact) mass is 1750 g/mol. The molecule has 2 aromatic carbocycles. The third-order valence-corrected chi connectivity index (χ3v) is 19.3. The summed E-state index contributed by atoms with van der Waals surface area (Å²) in [5.74, 6) is -5.71. The molecule has 0 radical (unpaired) electrons. The topological polar surface area (TPSA) is 484 Å². The summed E-state index contributed by atoms with van der Waals surface area (Å²) in [5.41, 5.74) is 0.477. The summed E-state index contributed by atoms with van der Waals surface area (Å²) in [5, 5.41) is 53.1. The zero-order chi connectivity index (χ0) is 90.6. The van der Waals surface area contributed by atoms with Crippen molar-refractivity contribution in [2.24, 2.45) is 11.8 Å². The normalized spacial score (nSPS) is 12.0. The van der Waals surface area contributed by atoms with E-state index in [4.69, 9.17) is 57.6 Å². The van der Waals surface area contributed by atoms with Gasteiger partial charge in [0.15, 0.2) is 11.6 Å².